The van der Waals surface area contributed by atoms with Crippen LogP contribution in [0.1, 0.15) is 33.4 Å². The first-order chi connectivity index (χ1) is 11.5. The first-order valence-corrected chi connectivity index (χ1v) is 8.16. The SMILES string of the molecule is Cc1nc2c(c(=O)n1C)CN(C(=O)c1cn3c(n1)CCNCC3)C2. The number of aryl methyl sites for hydroxylation is 1. The third-order valence-corrected chi connectivity index (χ3v) is 4.80. The van der Waals surface area contributed by atoms with Gasteiger partial charge in [0.25, 0.3) is 11.5 Å². The van der Waals surface area contributed by atoms with Gasteiger partial charge in [0.15, 0.2) is 0 Å². The van der Waals surface area contributed by atoms with Crippen LogP contribution in [-0.4, -0.2) is 43.0 Å². The van der Waals surface area contributed by atoms with Crippen molar-refractivity contribution >= 4 is 5.91 Å². The van der Waals surface area contributed by atoms with Gasteiger partial charge < -0.3 is 14.8 Å². The molecule has 0 aliphatic carbocycles. The highest BCUT2D eigenvalue weighted by molar-refractivity contribution is 5.92. The minimum atomic E-state index is -0.138. The van der Waals surface area contributed by atoms with Crippen molar-refractivity contribution in [1.29, 1.82) is 0 Å². The summed E-state index contributed by atoms with van der Waals surface area (Å²) in [4.78, 5) is 35.7. The molecule has 2 aromatic rings. The van der Waals surface area contributed by atoms with Gasteiger partial charge in [-0.1, -0.05) is 0 Å². The molecule has 24 heavy (non-hydrogen) atoms. The first kappa shape index (κ1) is 15.1. The molecule has 2 aliphatic rings. The molecule has 4 heterocycles. The van der Waals surface area contributed by atoms with E-state index in [4.69, 9.17) is 0 Å². The van der Waals surface area contributed by atoms with Gasteiger partial charge in [-0.2, -0.15) is 0 Å². The van der Waals surface area contributed by atoms with E-state index in [0.29, 0.717) is 35.9 Å². The van der Waals surface area contributed by atoms with Crippen LogP contribution in [0.25, 0.3) is 0 Å². The van der Waals surface area contributed by atoms with Crippen molar-refractivity contribution in [2.45, 2.75) is 33.0 Å². The molecule has 0 fully saturated rings. The van der Waals surface area contributed by atoms with E-state index >= 15 is 0 Å². The summed E-state index contributed by atoms with van der Waals surface area (Å²) in [5, 5.41) is 3.31. The number of fused-ring (bicyclic) bond motifs is 2. The Morgan fingerprint density at radius 3 is 2.92 bits per heavy atom. The number of hydrogen-bond acceptors (Lipinski definition) is 5. The lowest BCUT2D eigenvalue weighted by atomic mass is 10.2. The number of aromatic nitrogens is 4. The molecule has 2 aliphatic heterocycles. The lowest BCUT2D eigenvalue weighted by molar-refractivity contribution is 0.0744. The normalized spacial score (nSPS) is 16.7. The topological polar surface area (TPSA) is 85.1 Å². The second-order valence-corrected chi connectivity index (χ2v) is 6.35. The smallest absolute Gasteiger partial charge is 0.274 e. The first-order valence-electron chi connectivity index (χ1n) is 8.16. The van der Waals surface area contributed by atoms with Crippen molar-refractivity contribution < 1.29 is 4.79 Å². The summed E-state index contributed by atoms with van der Waals surface area (Å²) in [6.07, 6.45) is 2.64. The van der Waals surface area contributed by atoms with E-state index in [1.165, 1.54) is 4.57 Å². The molecule has 0 bridgehead atoms. The predicted molar refractivity (Wildman–Crippen MR) is 86.6 cm³/mol. The lowest BCUT2D eigenvalue weighted by Gasteiger charge is -2.12. The molecule has 0 aromatic carbocycles. The molecule has 126 valence electrons. The van der Waals surface area contributed by atoms with Crippen molar-refractivity contribution in [3.63, 3.8) is 0 Å². The Kier molecular flexibility index (Phi) is 3.49. The van der Waals surface area contributed by atoms with Crippen LogP contribution in [0, 0.1) is 6.92 Å². The zero-order valence-corrected chi connectivity index (χ0v) is 13.9. The van der Waals surface area contributed by atoms with Gasteiger partial charge in [0, 0.05) is 39.3 Å². The average Bonchev–Trinajstić information content (AvgIpc) is 3.11. The van der Waals surface area contributed by atoms with Gasteiger partial charge in [0.1, 0.15) is 17.3 Å². The Balaban J connectivity index is 1.61. The molecule has 1 N–H and O–H groups in total. The van der Waals surface area contributed by atoms with Gasteiger partial charge in [0.2, 0.25) is 0 Å². The molecule has 8 nitrogen and oxygen atoms in total. The molecule has 0 saturated heterocycles. The van der Waals surface area contributed by atoms with Crippen LogP contribution in [0.4, 0.5) is 0 Å². The van der Waals surface area contributed by atoms with Crippen molar-refractivity contribution in [3.8, 4) is 0 Å². The number of nitrogens with one attached hydrogen (secondary N) is 1. The summed E-state index contributed by atoms with van der Waals surface area (Å²) >= 11 is 0. The Morgan fingerprint density at radius 2 is 2.08 bits per heavy atom. The number of imidazole rings is 1. The molecule has 0 unspecified atom stereocenters. The summed E-state index contributed by atoms with van der Waals surface area (Å²) in [6.45, 7) is 5.04. The van der Waals surface area contributed by atoms with E-state index in [0.717, 1.165) is 31.9 Å². The van der Waals surface area contributed by atoms with Crippen molar-refractivity contribution in [3.05, 3.63) is 45.2 Å². The van der Waals surface area contributed by atoms with E-state index in [1.807, 2.05) is 10.8 Å². The minimum Gasteiger partial charge on any atom is -0.333 e. The third kappa shape index (κ3) is 2.34. The average molecular weight is 328 g/mol. The zero-order valence-electron chi connectivity index (χ0n) is 13.9. The number of carbonyl (C=O) groups excluding carboxylic acids is 1. The molecule has 1 amide bonds. The summed E-state index contributed by atoms with van der Waals surface area (Å²) < 4.78 is 3.57. The van der Waals surface area contributed by atoms with E-state index < -0.39 is 0 Å². The highest BCUT2D eigenvalue weighted by Crippen LogP contribution is 2.20. The fourth-order valence-electron chi connectivity index (χ4n) is 3.31. The number of nitrogens with zero attached hydrogens (tertiary/aromatic N) is 5. The number of rotatable bonds is 1. The monoisotopic (exact) mass is 328 g/mol. The molecule has 0 radical (unpaired) electrons. The molecule has 0 atom stereocenters. The number of carbonyl (C=O) groups is 1. The fraction of sp³-hybridized carbons (Fsp3) is 0.500. The highest BCUT2D eigenvalue weighted by atomic mass is 16.2. The van der Waals surface area contributed by atoms with Crippen LogP contribution in [-0.2, 0) is 33.1 Å². The molecule has 0 saturated carbocycles. The summed E-state index contributed by atoms with van der Waals surface area (Å²) in [5.41, 5.74) is 1.70. The Hall–Kier alpha value is -2.48. The highest BCUT2D eigenvalue weighted by Gasteiger charge is 2.30. The van der Waals surface area contributed by atoms with Crippen molar-refractivity contribution in [2.75, 3.05) is 13.1 Å². The molecule has 8 heteroatoms. The lowest BCUT2D eigenvalue weighted by Crippen LogP contribution is -2.28. The fourth-order valence-corrected chi connectivity index (χ4v) is 3.31. The minimum absolute atomic E-state index is 0.0699. The van der Waals surface area contributed by atoms with Crippen LogP contribution in [0.15, 0.2) is 11.0 Å². The van der Waals surface area contributed by atoms with Gasteiger partial charge in [-0.25, -0.2) is 9.97 Å². The van der Waals surface area contributed by atoms with Crippen LogP contribution in [0.2, 0.25) is 0 Å². The van der Waals surface area contributed by atoms with Gasteiger partial charge in [-0.3, -0.25) is 14.2 Å². The zero-order chi connectivity index (χ0) is 16.8. The molecular formula is C16H20N6O2. The quantitative estimate of drug-likeness (QED) is 0.769. The molecular weight excluding hydrogens is 308 g/mol. The van der Waals surface area contributed by atoms with Crippen LogP contribution >= 0.6 is 0 Å². The Morgan fingerprint density at radius 1 is 1.25 bits per heavy atom. The summed E-state index contributed by atoms with van der Waals surface area (Å²) in [6, 6.07) is 0. The molecule has 2 aromatic heterocycles. The largest absolute Gasteiger partial charge is 0.333 e. The van der Waals surface area contributed by atoms with E-state index in [-0.39, 0.29) is 11.5 Å². The van der Waals surface area contributed by atoms with E-state index in [1.54, 1.807) is 18.9 Å². The summed E-state index contributed by atoms with van der Waals surface area (Å²) in [5.74, 6) is 1.46. The maximum Gasteiger partial charge on any atom is 0.274 e. The second kappa shape index (κ2) is 5.55. The van der Waals surface area contributed by atoms with Crippen molar-refractivity contribution in [2.24, 2.45) is 7.05 Å². The maximum absolute atomic E-state index is 12.8. The predicted octanol–water partition coefficient (Wildman–Crippen LogP) is -0.413. The van der Waals surface area contributed by atoms with Gasteiger partial charge in [-0.05, 0) is 6.92 Å². The van der Waals surface area contributed by atoms with Crippen molar-refractivity contribution in [1.82, 2.24) is 29.3 Å². The third-order valence-electron chi connectivity index (χ3n) is 4.80. The maximum atomic E-state index is 12.8. The van der Waals surface area contributed by atoms with Crippen LogP contribution in [0.5, 0.6) is 0 Å². The Bertz CT molecular complexity index is 858. The number of hydrogen-bond donors (Lipinski definition) is 1. The number of amides is 1. The molecule has 0 spiro atoms. The van der Waals surface area contributed by atoms with E-state index in [9.17, 15) is 9.59 Å². The summed E-state index contributed by atoms with van der Waals surface area (Å²) in [7, 11) is 1.70. The Labute approximate surface area is 139 Å². The van der Waals surface area contributed by atoms with E-state index in [2.05, 4.69) is 15.3 Å². The van der Waals surface area contributed by atoms with Gasteiger partial charge >= 0.3 is 0 Å². The van der Waals surface area contributed by atoms with Gasteiger partial charge in [-0.15, -0.1) is 0 Å². The standard InChI is InChI=1S/C16H20N6O2/c1-10-18-12-8-22(7-11(12)15(23)20(10)2)16(24)13-9-21-6-5-17-4-3-14(21)19-13/h9,17H,3-8H2,1-2H3. The second-order valence-electron chi connectivity index (χ2n) is 6.35. The van der Waals surface area contributed by atoms with Gasteiger partial charge in [0.05, 0.1) is 24.3 Å². The van der Waals surface area contributed by atoms with Crippen LogP contribution in [0.3, 0.4) is 0 Å². The van der Waals surface area contributed by atoms with Crippen LogP contribution < -0.4 is 10.9 Å². The molecule has 4 rings (SSSR count).